The first kappa shape index (κ1) is 13.2. The zero-order valence-corrected chi connectivity index (χ0v) is 9.81. The molecule has 0 atom stereocenters. The summed E-state index contributed by atoms with van der Waals surface area (Å²) in [5, 5.41) is 8.34. The average Bonchev–Trinajstić information content (AvgIpc) is 2.35. The minimum atomic E-state index is -0.360. The number of nitrogens with zero attached hydrogens (tertiary/aromatic N) is 1. The summed E-state index contributed by atoms with van der Waals surface area (Å²) >= 11 is 0. The Balaban J connectivity index is 2.51. The van der Waals surface area contributed by atoms with Crippen molar-refractivity contribution >= 4 is 5.97 Å². The molecule has 0 bridgehead atoms. The number of rotatable bonds is 6. The van der Waals surface area contributed by atoms with Crippen LogP contribution in [0.2, 0.25) is 0 Å². The van der Waals surface area contributed by atoms with Gasteiger partial charge in [-0.2, -0.15) is 5.26 Å². The van der Waals surface area contributed by atoms with E-state index in [2.05, 4.69) is 0 Å². The van der Waals surface area contributed by atoms with Crippen molar-refractivity contribution in [2.24, 2.45) is 0 Å². The second-order valence-electron chi connectivity index (χ2n) is 3.53. The van der Waals surface area contributed by atoms with Gasteiger partial charge in [0.2, 0.25) is 0 Å². The van der Waals surface area contributed by atoms with Gasteiger partial charge in [0.1, 0.15) is 0 Å². The van der Waals surface area contributed by atoms with E-state index >= 15 is 0 Å². The number of carbonyl (C=O) groups excluding carboxylic acids is 1. The zero-order valence-electron chi connectivity index (χ0n) is 9.81. The molecule has 0 unspecified atom stereocenters. The highest BCUT2D eigenvalue weighted by molar-refractivity contribution is 5.89. The fourth-order valence-electron chi connectivity index (χ4n) is 1.35. The van der Waals surface area contributed by atoms with Crippen LogP contribution in [0.3, 0.4) is 0 Å². The molecule has 0 heterocycles. The molecule has 0 spiro atoms. The maximum atomic E-state index is 11.6. The normalized spacial score (nSPS) is 9.65. The molecular formula is C13H15NO3. The molecule has 4 heteroatoms. The largest absolute Gasteiger partial charge is 0.462 e. The van der Waals surface area contributed by atoms with E-state index in [1.807, 2.05) is 12.1 Å². The fraction of sp³-hybridized carbons (Fsp3) is 0.385. The molecule has 0 saturated carbocycles. The van der Waals surface area contributed by atoms with Crippen molar-refractivity contribution < 1.29 is 14.3 Å². The lowest BCUT2D eigenvalue weighted by Crippen LogP contribution is -2.06. The van der Waals surface area contributed by atoms with Crippen LogP contribution in [0.15, 0.2) is 24.3 Å². The third-order valence-electron chi connectivity index (χ3n) is 2.14. The number of benzene rings is 1. The van der Waals surface area contributed by atoms with E-state index in [9.17, 15) is 4.79 Å². The van der Waals surface area contributed by atoms with Crippen molar-refractivity contribution in [3.63, 3.8) is 0 Å². The highest BCUT2D eigenvalue weighted by atomic mass is 16.5. The SMILES string of the molecule is COCc1cccc(C(=O)OCCCC#N)c1. The van der Waals surface area contributed by atoms with Crippen LogP contribution in [0, 0.1) is 11.3 Å². The number of nitriles is 1. The fourth-order valence-corrected chi connectivity index (χ4v) is 1.35. The molecule has 90 valence electrons. The molecule has 0 aliphatic heterocycles. The number of ether oxygens (including phenoxy) is 2. The monoisotopic (exact) mass is 233 g/mol. The van der Waals surface area contributed by atoms with Gasteiger partial charge in [-0.25, -0.2) is 4.79 Å². The zero-order chi connectivity index (χ0) is 12.5. The highest BCUT2D eigenvalue weighted by Gasteiger charge is 2.07. The van der Waals surface area contributed by atoms with E-state index in [1.54, 1.807) is 25.3 Å². The quantitative estimate of drug-likeness (QED) is 0.558. The Morgan fingerprint density at radius 2 is 2.29 bits per heavy atom. The maximum Gasteiger partial charge on any atom is 0.338 e. The molecule has 17 heavy (non-hydrogen) atoms. The van der Waals surface area contributed by atoms with Crippen molar-refractivity contribution in [1.82, 2.24) is 0 Å². The second kappa shape index (κ2) is 7.42. The van der Waals surface area contributed by atoms with E-state index in [4.69, 9.17) is 14.7 Å². The summed E-state index contributed by atoms with van der Waals surface area (Å²) in [5.41, 5.74) is 1.44. The Morgan fingerprint density at radius 3 is 3.00 bits per heavy atom. The summed E-state index contributed by atoms with van der Waals surface area (Å²) in [6.45, 7) is 0.746. The molecule has 4 nitrogen and oxygen atoms in total. The van der Waals surface area contributed by atoms with E-state index < -0.39 is 0 Å². The Kier molecular flexibility index (Phi) is 5.76. The predicted octanol–water partition coefficient (Wildman–Crippen LogP) is 2.29. The summed E-state index contributed by atoms with van der Waals surface area (Å²) in [6.07, 6.45) is 0.969. The minimum Gasteiger partial charge on any atom is -0.462 e. The van der Waals surface area contributed by atoms with Crippen molar-refractivity contribution in [2.45, 2.75) is 19.4 Å². The standard InChI is InChI=1S/C13H15NO3/c1-16-10-11-5-4-6-12(9-11)13(15)17-8-3-2-7-14/h4-6,9H,2-3,8,10H2,1H3. The lowest BCUT2D eigenvalue weighted by atomic mass is 10.1. The second-order valence-corrected chi connectivity index (χ2v) is 3.53. The molecule has 1 aromatic carbocycles. The van der Waals surface area contributed by atoms with Gasteiger partial charge in [-0.15, -0.1) is 0 Å². The molecule has 0 amide bonds. The van der Waals surface area contributed by atoms with Crippen LogP contribution in [-0.4, -0.2) is 19.7 Å². The molecule has 0 radical (unpaired) electrons. The summed E-state index contributed by atoms with van der Waals surface area (Å²) < 4.78 is 10.0. The number of methoxy groups -OCH3 is 1. The molecule has 0 N–H and O–H groups in total. The third kappa shape index (κ3) is 4.66. The summed E-state index contributed by atoms with van der Waals surface area (Å²) in [5.74, 6) is -0.360. The van der Waals surface area contributed by atoms with E-state index in [1.165, 1.54) is 0 Å². The van der Waals surface area contributed by atoms with Gasteiger partial charge in [-0.1, -0.05) is 12.1 Å². The smallest absolute Gasteiger partial charge is 0.338 e. The van der Waals surface area contributed by atoms with Gasteiger partial charge in [0.15, 0.2) is 0 Å². The number of hydrogen-bond acceptors (Lipinski definition) is 4. The maximum absolute atomic E-state index is 11.6. The van der Waals surface area contributed by atoms with Gasteiger partial charge >= 0.3 is 5.97 Å². The molecule has 0 aromatic heterocycles. The Labute approximate surface area is 101 Å². The highest BCUT2D eigenvalue weighted by Crippen LogP contribution is 2.08. The number of hydrogen-bond donors (Lipinski definition) is 0. The van der Waals surface area contributed by atoms with Crippen LogP contribution in [0.1, 0.15) is 28.8 Å². The molecule has 0 fully saturated rings. The molecule has 0 aliphatic carbocycles. The van der Waals surface area contributed by atoms with Gasteiger partial charge in [-0.05, 0) is 24.1 Å². The lowest BCUT2D eigenvalue weighted by Gasteiger charge is -2.05. The first-order valence-corrected chi connectivity index (χ1v) is 5.40. The van der Waals surface area contributed by atoms with E-state index in [0.717, 1.165) is 5.56 Å². The molecule has 0 saturated heterocycles. The lowest BCUT2D eigenvalue weighted by molar-refractivity contribution is 0.0501. The topological polar surface area (TPSA) is 59.3 Å². The van der Waals surface area contributed by atoms with Crippen molar-refractivity contribution in [3.8, 4) is 6.07 Å². The molecule has 1 aromatic rings. The average molecular weight is 233 g/mol. The summed E-state index contributed by atoms with van der Waals surface area (Å²) in [7, 11) is 1.60. The number of carbonyl (C=O) groups is 1. The third-order valence-corrected chi connectivity index (χ3v) is 2.14. The molecule has 0 aliphatic rings. The van der Waals surface area contributed by atoms with Crippen LogP contribution < -0.4 is 0 Å². The van der Waals surface area contributed by atoms with Crippen molar-refractivity contribution in [1.29, 1.82) is 5.26 Å². The van der Waals surface area contributed by atoms with E-state index in [0.29, 0.717) is 25.0 Å². The Bertz CT molecular complexity index is 409. The van der Waals surface area contributed by atoms with Gasteiger partial charge < -0.3 is 9.47 Å². The Morgan fingerprint density at radius 1 is 1.47 bits per heavy atom. The van der Waals surface area contributed by atoms with Crippen molar-refractivity contribution in [3.05, 3.63) is 35.4 Å². The predicted molar refractivity (Wildman–Crippen MR) is 62.3 cm³/mol. The van der Waals surface area contributed by atoms with Crippen LogP contribution in [-0.2, 0) is 16.1 Å². The molecule has 1 rings (SSSR count). The van der Waals surface area contributed by atoms with E-state index in [-0.39, 0.29) is 12.6 Å². The van der Waals surface area contributed by atoms with Gasteiger partial charge in [0.05, 0.1) is 24.8 Å². The van der Waals surface area contributed by atoms with Crippen molar-refractivity contribution in [2.75, 3.05) is 13.7 Å². The number of esters is 1. The summed E-state index contributed by atoms with van der Waals surface area (Å²) in [6, 6.07) is 9.12. The summed E-state index contributed by atoms with van der Waals surface area (Å²) in [4.78, 5) is 11.6. The molecular weight excluding hydrogens is 218 g/mol. The number of unbranched alkanes of at least 4 members (excludes halogenated alkanes) is 1. The Hall–Kier alpha value is -1.86. The van der Waals surface area contributed by atoms with Gasteiger partial charge in [0, 0.05) is 13.5 Å². The van der Waals surface area contributed by atoms with Crippen LogP contribution in [0.4, 0.5) is 0 Å². The minimum absolute atomic E-state index is 0.279. The van der Waals surface area contributed by atoms with Crippen LogP contribution in [0.5, 0.6) is 0 Å². The van der Waals surface area contributed by atoms with Gasteiger partial charge in [0.25, 0.3) is 0 Å². The van der Waals surface area contributed by atoms with Crippen LogP contribution >= 0.6 is 0 Å². The van der Waals surface area contributed by atoms with Crippen LogP contribution in [0.25, 0.3) is 0 Å². The first-order valence-electron chi connectivity index (χ1n) is 5.40. The van der Waals surface area contributed by atoms with Gasteiger partial charge in [-0.3, -0.25) is 0 Å². The first-order chi connectivity index (χ1) is 8.27.